The summed E-state index contributed by atoms with van der Waals surface area (Å²) in [6.07, 6.45) is 0.424. The van der Waals surface area contributed by atoms with Crippen molar-refractivity contribution in [2.24, 2.45) is 0 Å². The molecule has 0 aliphatic carbocycles. The molecule has 29 heavy (non-hydrogen) atoms. The summed E-state index contributed by atoms with van der Waals surface area (Å²) < 4.78 is 17.0. The van der Waals surface area contributed by atoms with Crippen LogP contribution in [0, 0.1) is 13.8 Å². The lowest BCUT2D eigenvalue weighted by Gasteiger charge is -2.33. The summed E-state index contributed by atoms with van der Waals surface area (Å²) in [4.78, 5) is 37.0. The summed E-state index contributed by atoms with van der Waals surface area (Å²) in [6.45, 7) is 6.50. The number of aryl methyl sites for hydroxylation is 1. The molecular formula is C21H18O8. The summed E-state index contributed by atoms with van der Waals surface area (Å²) in [5.74, 6) is -2.75. The van der Waals surface area contributed by atoms with Gasteiger partial charge in [-0.25, -0.2) is 4.79 Å². The Hall–Kier alpha value is -3.55. The van der Waals surface area contributed by atoms with Gasteiger partial charge in [-0.1, -0.05) is 0 Å². The lowest BCUT2D eigenvalue weighted by Crippen LogP contribution is -2.36. The fourth-order valence-corrected chi connectivity index (χ4v) is 3.73. The second kappa shape index (κ2) is 5.97. The standard InChI is InChI=1S/C21H18O8/c1-8-5-11(23)10(7-22)17-13(8)20(26)28-16-9(2)14-12(24)6-21(3,4)29-18(14)15(25)19(16)27-17/h5,7,23,25H,6H2,1-4H3. The summed E-state index contributed by atoms with van der Waals surface area (Å²) in [5, 5.41) is 20.9. The Morgan fingerprint density at radius 1 is 1.00 bits per heavy atom. The Bertz CT molecular complexity index is 1130. The number of rotatable bonds is 1. The number of benzene rings is 2. The molecule has 0 amide bonds. The SMILES string of the molecule is Cc1cc(O)c(C=O)c2c1C(=O)Oc1c(C)c3c(c(O)c1O2)OC(C)(C)CC3=O. The van der Waals surface area contributed by atoms with Crippen molar-refractivity contribution in [2.45, 2.75) is 39.7 Å². The van der Waals surface area contributed by atoms with E-state index >= 15 is 0 Å². The van der Waals surface area contributed by atoms with Gasteiger partial charge in [-0.2, -0.15) is 0 Å². The number of esters is 1. The minimum atomic E-state index is -0.857. The zero-order valence-electron chi connectivity index (χ0n) is 16.2. The van der Waals surface area contributed by atoms with Crippen LogP contribution in [0.4, 0.5) is 0 Å². The number of phenolic OH excluding ortho intramolecular Hbond substituents is 2. The first kappa shape index (κ1) is 18.8. The van der Waals surface area contributed by atoms with Crippen molar-refractivity contribution < 1.29 is 38.8 Å². The zero-order valence-corrected chi connectivity index (χ0v) is 16.2. The number of ether oxygens (including phenoxy) is 3. The van der Waals surface area contributed by atoms with Crippen LogP contribution >= 0.6 is 0 Å². The highest BCUT2D eigenvalue weighted by molar-refractivity contribution is 6.06. The van der Waals surface area contributed by atoms with E-state index in [4.69, 9.17) is 14.2 Å². The Balaban J connectivity index is 2.04. The molecule has 0 saturated carbocycles. The third kappa shape index (κ3) is 2.63. The van der Waals surface area contributed by atoms with Crippen LogP contribution in [0.1, 0.15) is 62.5 Å². The van der Waals surface area contributed by atoms with Crippen molar-refractivity contribution >= 4 is 18.0 Å². The van der Waals surface area contributed by atoms with E-state index in [1.165, 1.54) is 6.07 Å². The summed E-state index contributed by atoms with van der Waals surface area (Å²) in [5.41, 5.74) is -0.490. The number of aldehydes is 1. The third-order valence-corrected chi connectivity index (χ3v) is 5.04. The molecule has 0 atom stereocenters. The van der Waals surface area contributed by atoms with Gasteiger partial charge in [0.2, 0.25) is 11.5 Å². The van der Waals surface area contributed by atoms with Gasteiger partial charge >= 0.3 is 5.97 Å². The molecule has 8 heteroatoms. The molecule has 8 nitrogen and oxygen atoms in total. The Morgan fingerprint density at radius 3 is 2.34 bits per heavy atom. The topological polar surface area (TPSA) is 119 Å². The molecule has 2 aromatic carbocycles. The van der Waals surface area contributed by atoms with Crippen molar-refractivity contribution in [1.82, 2.24) is 0 Å². The molecule has 2 aliphatic heterocycles. The van der Waals surface area contributed by atoms with Gasteiger partial charge in [0, 0.05) is 5.56 Å². The lowest BCUT2D eigenvalue weighted by molar-refractivity contribution is 0.0590. The van der Waals surface area contributed by atoms with Crippen LogP contribution in [0.2, 0.25) is 0 Å². The molecule has 150 valence electrons. The van der Waals surface area contributed by atoms with Crippen LogP contribution in [-0.2, 0) is 0 Å². The maximum absolute atomic E-state index is 12.8. The number of Topliss-reactive ketones (excluding diaryl/α,β-unsaturated/α-hetero) is 1. The van der Waals surface area contributed by atoms with E-state index in [-0.39, 0.29) is 63.2 Å². The van der Waals surface area contributed by atoms with Gasteiger partial charge in [-0.05, 0) is 39.3 Å². The van der Waals surface area contributed by atoms with Gasteiger partial charge in [0.05, 0.1) is 17.5 Å². The summed E-state index contributed by atoms with van der Waals surface area (Å²) in [7, 11) is 0. The second-order valence-electron chi connectivity index (χ2n) is 7.74. The molecule has 2 N–H and O–H groups in total. The van der Waals surface area contributed by atoms with Crippen LogP contribution in [0.15, 0.2) is 6.07 Å². The quantitative estimate of drug-likeness (QED) is 0.425. The Labute approximate surface area is 165 Å². The molecular weight excluding hydrogens is 380 g/mol. The first-order valence-electron chi connectivity index (χ1n) is 8.89. The van der Waals surface area contributed by atoms with Crippen molar-refractivity contribution in [1.29, 1.82) is 0 Å². The Kier molecular flexibility index (Phi) is 3.87. The molecule has 0 fully saturated rings. The normalized spacial score (nSPS) is 16.4. The summed E-state index contributed by atoms with van der Waals surface area (Å²) >= 11 is 0. The van der Waals surface area contributed by atoms with Gasteiger partial charge in [0.15, 0.2) is 29.3 Å². The molecule has 2 aliphatic rings. The molecule has 0 radical (unpaired) electrons. The van der Waals surface area contributed by atoms with E-state index in [1.54, 1.807) is 27.7 Å². The molecule has 0 aromatic heterocycles. The number of carbonyl (C=O) groups is 3. The number of aromatic hydroxyl groups is 2. The molecule has 0 saturated heterocycles. The van der Waals surface area contributed by atoms with E-state index < -0.39 is 17.3 Å². The molecule has 0 unspecified atom stereocenters. The number of hydrogen-bond acceptors (Lipinski definition) is 8. The van der Waals surface area contributed by atoms with Gasteiger partial charge < -0.3 is 24.4 Å². The van der Waals surface area contributed by atoms with Crippen molar-refractivity contribution in [2.75, 3.05) is 0 Å². The molecule has 4 rings (SSSR count). The monoisotopic (exact) mass is 398 g/mol. The number of ketones is 1. The smallest absolute Gasteiger partial charge is 0.347 e. The molecule has 0 spiro atoms. The predicted octanol–water partition coefficient (Wildman–Crippen LogP) is 3.60. The number of hydrogen-bond donors (Lipinski definition) is 2. The largest absolute Gasteiger partial charge is 0.507 e. The predicted molar refractivity (Wildman–Crippen MR) is 99.8 cm³/mol. The second-order valence-corrected chi connectivity index (χ2v) is 7.74. The number of carbonyl (C=O) groups excluding carboxylic acids is 3. The van der Waals surface area contributed by atoms with Crippen LogP contribution < -0.4 is 14.2 Å². The van der Waals surface area contributed by atoms with Crippen LogP contribution in [0.5, 0.6) is 34.5 Å². The van der Waals surface area contributed by atoms with Gasteiger partial charge in [-0.3, -0.25) is 9.59 Å². The average molecular weight is 398 g/mol. The van der Waals surface area contributed by atoms with Gasteiger partial charge in [0.25, 0.3) is 0 Å². The van der Waals surface area contributed by atoms with Crippen LogP contribution in [-0.4, -0.2) is 33.9 Å². The van der Waals surface area contributed by atoms with E-state index in [0.29, 0.717) is 11.8 Å². The molecule has 2 heterocycles. The first-order chi connectivity index (χ1) is 13.6. The highest BCUT2D eigenvalue weighted by atomic mass is 16.6. The third-order valence-electron chi connectivity index (χ3n) is 5.04. The highest BCUT2D eigenvalue weighted by Crippen LogP contribution is 2.55. The van der Waals surface area contributed by atoms with Gasteiger partial charge in [-0.15, -0.1) is 0 Å². The van der Waals surface area contributed by atoms with E-state index in [0.717, 1.165) is 0 Å². The minimum Gasteiger partial charge on any atom is -0.507 e. The molecule has 0 bridgehead atoms. The fourth-order valence-electron chi connectivity index (χ4n) is 3.73. The van der Waals surface area contributed by atoms with Crippen molar-refractivity contribution in [3.63, 3.8) is 0 Å². The highest BCUT2D eigenvalue weighted by Gasteiger charge is 2.41. The maximum atomic E-state index is 12.8. The van der Waals surface area contributed by atoms with Crippen molar-refractivity contribution in [3.05, 3.63) is 33.9 Å². The lowest BCUT2D eigenvalue weighted by atomic mass is 9.89. The van der Waals surface area contributed by atoms with E-state index in [2.05, 4.69) is 0 Å². The van der Waals surface area contributed by atoms with Gasteiger partial charge in [0.1, 0.15) is 16.9 Å². The average Bonchev–Trinajstić information content (AvgIpc) is 2.76. The molecule has 2 aromatic rings. The Morgan fingerprint density at radius 2 is 1.69 bits per heavy atom. The first-order valence-corrected chi connectivity index (χ1v) is 8.89. The minimum absolute atomic E-state index is 0.0644. The summed E-state index contributed by atoms with van der Waals surface area (Å²) in [6, 6.07) is 1.25. The van der Waals surface area contributed by atoms with Crippen LogP contribution in [0.25, 0.3) is 0 Å². The van der Waals surface area contributed by atoms with Crippen LogP contribution in [0.3, 0.4) is 0 Å². The zero-order chi connectivity index (χ0) is 21.2. The fraction of sp³-hybridized carbons (Fsp3) is 0.286. The van der Waals surface area contributed by atoms with E-state index in [9.17, 15) is 24.6 Å². The maximum Gasteiger partial charge on any atom is 0.347 e. The number of phenols is 2. The van der Waals surface area contributed by atoms with E-state index in [1.807, 2.05) is 0 Å². The van der Waals surface area contributed by atoms with Crippen molar-refractivity contribution in [3.8, 4) is 34.5 Å². The number of fused-ring (bicyclic) bond motifs is 3.